The molecule has 0 heterocycles. The molecule has 0 aliphatic rings. The summed E-state index contributed by atoms with van der Waals surface area (Å²) >= 11 is 0. The minimum atomic E-state index is 1.03. The van der Waals surface area contributed by atoms with E-state index in [0.717, 1.165) is 12.0 Å². The second kappa shape index (κ2) is 3.59. The monoisotopic (exact) mass is 97.1 g/mol. The molecule has 7 heavy (non-hydrogen) atoms. The van der Waals surface area contributed by atoms with Gasteiger partial charge in [0.15, 0.2) is 0 Å². The minimum absolute atomic E-state index is 1.03. The van der Waals surface area contributed by atoms with Crippen molar-refractivity contribution in [2.75, 3.05) is 0 Å². The van der Waals surface area contributed by atoms with Crippen molar-refractivity contribution in [2.45, 2.75) is 20.3 Å². The predicted octanol–water partition coefficient (Wildman–Crippen LogP) is 1.99. The Labute approximate surface area is 44.6 Å². The van der Waals surface area contributed by atoms with E-state index in [0.29, 0.717) is 0 Å². The summed E-state index contributed by atoms with van der Waals surface area (Å²) in [7, 11) is 0. The molecule has 0 radical (unpaired) electrons. The fourth-order valence-corrected chi connectivity index (χ4v) is 0.381. The number of hydrogen-bond acceptors (Lipinski definition) is 1. The maximum Gasteiger partial charge on any atom is 0.0203 e. The summed E-state index contributed by atoms with van der Waals surface area (Å²) in [5, 5.41) is 6.72. The lowest BCUT2D eigenvalue weighted by molar-refractivity contribution is 1.20. The molecule has 0 saturated heterocycles. The van der Waals surface area contributed by atoms with E-state index in [1.54, 1.807) is 0 Å². The molecule has 1 heteroatoms. The SMILES string of the molecule is CC/C=C(\C)C=N. The average molecular weight is 97.2 g/mol. The van der Waals surface area contributed by atoms with Crippen molar-refractivity contribution in [2.24, 2.45) is 0 Å². The van der Waals surface area contributed by atoms with Crippen LogP contribution in [0.2, 0.25) is 0 Å². The van der Waals surface area contributed by atoms with Gasteiger partial charge in [-0.15, -0.1) is 0 Å². The molecule has 0 saturated carbocycles. The first kappa shape index (κ1) is 6.41. The van der Waals surface area contributed by atoms with Crippen LogP contribution in [0.25, 0.3) is 0 Å². The zero-order chi connectivity index (χ0) is 5.70. The fourth-order valence-electron chi connectivity index (χ4n) is 0.381. The Hall–Kier alpha value is -0.590. The first-order chi connectivity index (χ1) is 3.31. The molecule has 0 spiro atoms. The lowest BCUT2D eigenvalue weighted by Gasteiger charge is -1.81. The van der Waals surface area contributed by atoms with Crippen molar-refractivity contribution in [1.29, 1.82) is 5.41 Å². The van der Waals surface area contributed by atoms with Crippen molar-refractivity contribution in [3.05, 3.63) is 11.6 Å². The van der Waals surface area contributed by atoms with Crippen molar-refractivity contribution in [1.82, 2.24) is 0 Å². The van der Waals surface area contributed by atoms with Crippen LogP contribution in [0.4, 0.5) is 0 Å². The van der Waals surface area contributed by atoms with Crippen LogP contribution in [-0.4, -0.2) is 6.21 Å². The van der Waals surface area contributed by atoms with E-state index in [-0.39, 0.29) is 0 Å². The van der Waals surface area contributed by atoms with Gasteiger partial charge in [-0.3, -0.25) is 0 Å². The highest BCUT2D eigenvalue weighted by Gasteiger charge is 1.73. The van der Waals surface area contributed by atoms with Gasteiger partial charge in [-0.1, -0.05) is 13.0 Å². The van der Waals surface area contributed by atoms with Gasteiger partial charge in [0.2, 0.25) is 0 Å². The molecule has 0 fully saturated rings. The Morgan fingerprint density at radius 3 is 2.43 bits per heavy atom. The number of hydrogen-bond donors (Lipinski definition) is 1. The average Bonchev–Trinajstić information content (AvgIpc) is 1.68. The first-order valence-electron chi connectivity index (χ1n) is 2.48. The summed E-state index contributed by atoms with van der Waals surface area (Å²) in [5.74, 6) is 0. The van der Waals surface area contributed by atoms with Crippen LogP contribution >= 0.6 is 0 Å². The van der Waals surface area contributed by atoms with Crippen LogP contribution in [0.15, 0.2) is 11.6 Å². The summed E-state index contributed by atoms with van der Waals surface area (Å²) in [4.78, 5) is 0. The summed E-state index contributed by atoms with van der Waals surface area (Å²) in [5.41, 5.74) is 1.04. The van der Waals surface area contributed by atoms with Crippen molar-refractivity contribution in [3.8, 4) is 0 Å². The molecule has 0 aliphatic heterocycles. The van der Waals surface area contributed by atoms with E-state index in [4.69, 9.17) is 5.41 Å². The molecule has 1 nitrogen and oxygen atoms in total. The molecule has 40 valence electrons. The molecular formula is C6H11N. The van der Waals surface area contributed by atoms with E-state index < -0.39 is 0 Å². The zero-order valence-electron chi connectivity index (χ0n) is 4.86. The molecule has 0 aromatic heterocycles. The van der Waals surface area contributed by atoms with Gasteiger partial charge in [0.1, 0.15) is 0 Å². The summed E-state index contributed by atoms with van der Waals surface area (Å²) < 4.78 is 0. The van der Waals surface area contributed by atoms with Gasteiger partial charge in [0.05, 0.1) is 0 Å². The summed E-state index contributed by atoms with van der Waals surface area (Å²) in [6.07, 6.45) is 4.41. The van der Waals surface area contributed by atoms with Gasteiger partial charge in [-0.2, -0.15) is 0 Å². The highest BCUT2D eigenvalue weighted by molar-refractivity contribution is 5.74. The molecule has 1 N–H and O–H groups in total. The topological polar surface area (TPSA) is 23.9 Å². The molecule has 0 atom stereocenters. The highest BCUT2D eigenvalue weighted by Crippen LogP contribution is 1.87. The van der Waals surface area contributed by atoms with E-state index in [1.807, 2.05) is 13.0 Å². The second-order valence-electron chi connectivity index (χ2n) is 1.50. The van der Waals surface area contributed by atoms with Crippen molar-refractivity contribution in [3.63, 3.8) is 0 Å². The van der Waals surface area contributed by atoms with Gasteiger partial charge in [0, 0.05) is 6.21 Å². The molecule has 0 aromatic carbocycles. The Kier molecular flexibility index (Phi) is 3.29. The van der Waals surface area contributed by atoms with Crippen LogP contribution in [0.5, 0.6) is 0 Å². The van der Waals surface area contributed by atoms with E-state index in [2.05, 4.69) is 6.92 Å². The van der Waals surface area contributed by atoms with Crippen LogP contribution < -0.4 is 0 Å². The van der Waals surface area contributed by atoms with Crippen LogP contribution in [0.3, 0.4) is 0 Å². The lowest BCUT2D eigenvalue weighted by Crippen LogP contribution is -1.71. The van der Waals surface area contributed by atoms with Crippen molar-refractivity contribution < 1.29 is 0 Å². The normalized spacial score (nSPS) is 11.4. The Morgan fingerprint density at radius 2 is 2.29 bits per heavy atom. The predicted molar refractivity (Wildman–Crippen MR) is 32.8 cm³/mol. The molecule has 0 aliphatic carbocycles. The van der Waals surface area contributed by atoms with E-state index in [1.165, 1.54) is 6.21 Å². The third-order valence-corrected chi connectivity index (χ3v) is 0.754. The third kappa shape index (κ3) is 3.23. The molecule has 0 bridgehead atoms. The summed E-state index contributed by atoms with van der Waals surface area (Å²) in [6.45, 7) is 3.99. The van der Waals surface area contributed by atoms with Crippen LogP contribution in [-0.2, 0) is 0 Å². The third-order valence-electron chi connectivity index (χ3n) is 0.754. The Morgan fingerprint density at radius 1 is 1.71 bits per heavy atom. The van der Waals surface area contributed by atoms with E-state index in [9.17, 15) is 0 Å². The highest BCUT2D eigenvalue weighted by atomic mass is 14.3. The number of rotatable bonds is 2. The second-order valence-corrected chi connectivity index (χ2v) is 1.50. The molecule has 0 unspecified atom stereocenters. The van der Waals surface area contributed by atoms with Crippen LogP contribution in [0, 0.1) is 5.41 Å². The minimum Gasteiger partial charge on any atom is -0.308 e. The maximum atomic E-state index is 6.72. The molecule has 0 amide bonds. The van der Waals surface area contributed by atoms with Gasteiger partial charge >= 0.3 is 0 Å². The van der Waals surface area contributed by atoms with Gasteiger partial charge in [-0.05, 0) is 18.9 Å². The van der Waals surface area contributed by atoms with Crippen molar-refractivity contribution >= 4 is 6.21 Å². The molecule has 0 rings (SSSR count). The maximum absolute atomic E-state index is 6.72. The standard InChI is InChI=1S/C6H11N/c1-3-4-6(2)5-7/h4-5,7H,3H2,1-2H3/b6-4+,7-5?. The van der Waals surface area contributed by atoms with Gasteiger partial charge < -0.3 is 5.41 Å². The fraction of sp³-hybridized carbons (Fsp3) is 0.500. The Bertz CT molecular complexity index is 82.2. The zero-order valence-corrected chi connectivity index (χ0v) is 4.86. The lowest BCUT2D eigenvalue weighted by atomic mass is 10.3. The summed E-state index contributed by atoms with van der Waals surface area (Å²) in [6, 6.07) is 0. The smallest absolute Gasteiger partial charge is 0.0203 e. The largest absolute Gasteiger partial charge is 0.308 e. The van der Waals surface area contributed by atoms with Gasteiger partial charge in [0.25, 0.3) is 0 Å². The number of allylic oxidation sites excluding steroid dienone is 2. The quantitative estimate of drug-likeness (QED) is 0.509. The Balaban J connectivity index is 3.49. The first-order valence-corrected chi connectivity index (χ1v) is 2.48. The molecule has 0 aromatic rings. The number of nitrogens with one attached hydrogen (secondary N) is 1. The van der Waals surface area contributed by atoms with E-state index >= 15 is 0 Å². The van der Waals surface area contributed by atoms with Crippen LogP contribution in [0.1, 0.15) is 20.3 Å². The van der Waals surface area contributed by atoms with Gasteiger partial charge in [-0.25, -0.2) is 0 Å². The molecular weight excluding hydrogens is 86.1 g/mol.